The van der Waals surface area contributed by atoms with E-state index >= 15 is 0 Å². The number of hydrogen-bond acceptors (Lipinski definition) is 4. The Hall–Kier alpha value is -3.20. The van der Waals surface area contributed by atoms with E-state index in [1.165, 1.54) is 47.2 Å². The second-order valence-electron chi connectivity index (χ2n) is 6.51. The molecule has 5 nitrogen and oxygen atoms in total. The van der Waals surface area contributed by atoms with Gasteiger partial charge >= 0.3 is 12.1 Å². The summed E-state index contributed by atoms with van der Waals surface area (Å²) in [5.74, 6) is -1.09. The van der Waals surface area contributed by atoms with Gasteiger partial charge in [-0.2, -0.15) is 18.3 Å². The van der Waals surface area contributed by atoms with Crippen LogP contribution in [0.5, 0.6) is 0 Å². The van der Waals surface area contributed by atoms with Gasteiger partial charge in [0.15, 0.2) is 5.65 Å². The molecule has 29 heavy (non-hydrogen) atoms. The van der Waals surface area contributed by atoms with E-state index in [4.69, 9.17) is 5.11 Å². The third-order valence-electron chi connectivity index (χ3n) is 4.47. The summed E-state index contributed by atoms with van der Waals surface area (Å²) in [6.45, 7) is 3.37. The number of aryl methyl sites for hydroxylation is 2. The first-order valence-electron chi connectivity index (χ1n) is 8.53. The summed E-state index contributed by atoms with van der Waals surface area (Å²) < 4.78 is 42.8. The van der Waals surface area contributed by atoms with Crippen molar-refractivity contribution in [3.8, 4) is 16.3 Å². The van der Waals surface area contributed by atoms with Crippen molar-refractivity contribution in [1.29, 1.82) is 0 Å². The number of alkyl halides is 3. The van der Waals surface area contributed by atoms with Gasteiger partial charge in [-0.25, -0.2) is 14.5 Å². The predicted molar refractivity (Wildman–Crippen MR) is 104 cm³/mol. The number of carboxylic acid groups (broad SMARTS) is 1. The quantitative estimate of drug-likeness (QED) is 0.479. The van der Waals surface area contributed by atoms with E-state index in [2.05, 4.69) is 10.1 Å². The highest BCUT2D eigenvalue weighted by Gasteiger charge is 2.36. The smallest absolute Gasteiger partial charge is 0.417 e. The fourth-order valence-electron chi connectivity index (χ4n) is 3.14. The molecule has 0 spiro atoms. The van der Waals surface area contributed by atoms with Gasteiger partial charge in [0.1, 0.15) is 0 Å². The topological polar surface area (TPSA) is 68.0 Å². The van der Waals surface area contributed by atoms with E-state index < -0.39 is 17.7 Å². The van der Waals surface area contributed by atoms with Crippen LogP contribution >= 0.6 is 11.3 Å². The number of carboxylic acids is 1. The highest BCUT2D eigenvalue weighted by molar-refractivity contribution is 7.15. The van der Waals surface area contributed by atoms with E-state index in [1.54, 1.807) is 6.07 Å². The van der Waals surface area contributed by atoms with E-state index in [0.29, 0.717) is 10.6 Å². The largest absolute Gasteiger partial charge is 0.478 e. The maximum absolute atomic E-state index is 13.8. The fraction of sp³-hybridized carbons (Fsp3) is 0.150. The van der Waals surface area contributed by atoms with Crippen LogP contribution in [0, 0.1) is 13.8 Å². The Balaban J connectivity index is 2.00. The highest BCUT2D eigenvalue weighted by atomic mass is 32.1. The first kappa shape index (κ1) is 19.1. The maximum Gasteiger partial charge on any atom is 0.417 e. The summed E-state index contributed by atoms with van der Waals surface area (Å²) in [7, 11) is 0. The van der Waals surface area contributed by atoms with Crippen LogP contribution in [-0.4, -0.2) is 25.8 Å². The van der Waals surface area contributed by atoms with E-state index in [1.807, 2.05) is 13.0 Å². The van der Waals surface area contributed by atoms with Crippen molar-refractivity contribution in [3.63, 3.8) is 0 Å². The molecule has 0 saturated heterocycles. The zero-order valence-corrected chi connectivity index (χ0v) is 16.1. The van der Waals surface area contributed by atoms with Gasteiger partial charge in [0.05, 0.1) is 38.5 Å². The summed E-state index contributed by atoms with van der Waals surface area (Å²) in [6, 6.07) is 10.4. The standard InChI is InChI=1S/C20H14F3N3O2S/c1-10-3-8-16(29-10)15-9-14(20(21,22)23)17-11(2)25-26(18(17)24-15)13-6-4-12(5-7-13)19(27)28/h3-9H,1-2H3,(H,27,28). The molecular formula is C20H14F3N3O2S. The van der Waals surface area contributed by atoms with Crippen molar-refractivity contribution in [2.24, 2.45) is 0 Å². The van der Waals surface area contributed by atoms with Crippen molar-refractivity contribution >= 4 is 28.3 Å². The molecule has 0 aliphatic heterocycles. The molecule has 0 saturated carbocycles. The molecule has 1 aromatic carbocycles. The lowest BCUT2D eigenvalue weighted by Gasteiger charge is -2.11. The van der Waals surface area contributed by atoms with Crippen molar-refractivity contribution in [1.82, 2.24) is 14.8 Å². The van der Waals surface area contributed by atoms with Crippen molar-refractivity contribution in [2.45, 2.75) is 20.0 Å². The Labute approximate surface area is 167 Å². The van der Waals surface area contributed by atoms with Crippen LogP contribution in [0.4, 0.5) is 13.2 Å². The second-order valence-corrected chi connectivity index (χ2v) is 7.80. The van der Waals surface area contributed by atoms with Gasteiger partial charge in [0, 0.05) is 4.88 Å². The normalized spacial score (nSPS) is 11.9. The lowest BCUT2D eigenvalue weighted by molar-refractivity contribution is -0.136. The predicted octanol–water partition coefficient (Wildman–Crippen LogP) is 5.48. The first-order valence-corrected chi connectivity index (χ1v) is 9.35. The minimum atomic E-state index is -4.58. The monoisotopic (exact) mass is 417 g/mol. The molecule has 0 aliphatic carbocycles. The van der Waals surface area contributed by atoms with Gasteiger partial charge < -0.3 is 5.11 Å². The van der Waals surface area contributed by atoms with Crippen LogP contribution in [0.3, 0.4) is 0 Å². The van der Waals surface area contributed by atoms with Crippen LogP contribution < -0.4 is 0 Å². The Morgan fingerprint density at radius 3 is 2.34 bits per heavy atom. The zero-order chi connectivity index (χ0) is 20.9. The first-order chi connectivity index (χ1) is 13.6. The fourth-order valence-corrected chi connectivity index (χ4v) is 3.96. The highest BCUT2D eigenvalue weighted by Crippen LogP contribution is 2.39. The number of fused-ring (bicyclic) bond motifs is 1. The van der Waals surface area contributed by atoms with Gasteiger partial charge in [-0.05, 0) is 56.3 Å². The number of carbonyl (C=O) groups is 1. The molecule has 0 amide bonds. The van der Waals surface area contributed by atoms with Gasteiger partial charge in [-0.1, -0.05) is 0 Å². The molecule has 3 aromatic heterocycles. The molecule has 0 atom stereocenters. The minimum Gasteiger partial charge on any atom is -0.478 e. The molecule has 0 radical (unpaired) electrons. The lowest BCUT2D eigenvalue weighted by Crippen LogP contribution is -2.08. The average molecular weight is 417 g/mol. The summed E-state index contributed by atoms with van der Waals surface area (Å²) >= 11 is 1.36. The summed E-state index contributed by atoms with van der Waals surface area (Å²) in [6.07, 6.45) is -4.58. The molecule has 0 unspecified atom stereocenters. The number of thiophene rings is 1. The molecule has 0 fully saturated rings. The third kappa shape index (κ3) is 3.38. The molecule has 3 heterocycles. The molecule has 0 bridgehead atoms. The van der Waals surface area contributed by atoms with Crippen molar-refractivity contribution in [3.05, 3.63) is 64.2 Å². The summed E-state index contributed by atoms with van der Waals surface area (Å²) in [5.41, 5.74) is 0.173. The molecule has 148 valence electrons. The van der Waals surface area contributed by atoms with Gasteiger partial charge in [-0.3, -0.25) is 0 Å². The van der Waals surface area contributed by atoms with E-state index in [-0.39, 0.29) is 28.0 Å². The van der Waals surface area contributed by atoms with Crippen molar-refractivity contribution in [2.75, 3.05) is 0 Å². The van der Waals surface area contributed by atoms with Gasteiger partial charge in [-0.15, -0.1) is 11.3 Å². The molecule has 4 aromatic rings. The minimum absolute atomic E-state index is 0.0700. The second kappa shape index (κ2) is 6.70. The van der Waals surface area contributed by atoms with Crippen LogP contribution in [0.1, 0.15) is 26.5 Å². The molecule has 0 aliphatic rings. The van der Waals surface area contributed by atoms with Gasteiger partial charge in [0.2, 0.25) is 0 Å². The number of rotatable bonds is 3. The van der Waals surface area contributed by atoms with E-state index in [9.17, 15) is 18.0 Å². The van der Waals surface area contributed by atoms with Crippen LogP contribution in [0.25, 0.3) is 27.3 Å². The summed E-state index contributed by atoms with van der Waals surface area (Å²) in [5, 5.41) is 13.2. The average Bonchev–Trinajstić information content (AvgIpc) is 3.24. The Morgan fingerprint density at radius 2 is 1.79 bits per heavy atom. The van der Waals surface area contributed by atoms with Gasteiger partial charge in [0.25, 0.3) is 0 Å². The third-order valence-corrected chi connectivity index (χ3v) is 5.49. The van der Waals surface area contributed by atoms with Crippen LogP contribution in [-0.2, 0) is 6.18 Å². The molecule has 4 rings (SSSR count). The molecular weight excluding hydrogens is 403 g/mol. The Bertz CT molecular complexity index is 1240. The number of halogens is 3. The zero-order valence-electron chi connectivity index (χ0n) is 15.3. The number of pyridine rings is 1. The SMILES string of the molecule is Cc1ccc(-c2cc(C(F)(F)F)c3c(C)nn(-c4ccc(C(=O)O)cc4)c3n2)s1. The number of aromatic carboxylic acids is 1. The number of nitrogens with zero attached hydrogens (tertiary/aromatic N) is 3. The maximum atomic E-state index is 13.8. The lowest BCUT2D eigenvalue weighted by atomic mass is 10.1. The number of hydrogen-bond donors (Lipinski definition) is 1. The Kier molecular flexibility index (Phi) is 4.42. The van der Waals surface area contributed by atoms with Crippen molar-refractivity contribution < 1.29 is 23.1 Å². The summed E-state index contributed by atoms with van der Waals surface area (Å²) in [4.78, 5) is 17.1. The Morgan fingerprint density at radius 1 is 1.10 bits per heavy atom. The van der Waals surface area contributed by atoms with E-state index in [0.717, 1.165) is 10.9 Å². The number of aromatic nitrogens is 3. The number of benzene rings is 1. The van der Waals surface area contributed by atoms with Crippen LogP contribution in [0.15, 0.2) is 42.5 Å². The molecule has 9 heteroatoms. The molecule has 1 N–H and O–H groups in total. The van der Waals surface area contributed by atoms with Crippen LogP contribution in [0.2, 0.25) is 0 Å².